The highest BCUT2D eigenvalue weighted by molar-refractivity contribution is 7.47. The van der Waals surface area contributed by atoms with Crippen LogP contribution in [-0.2, 0) is 32.7 Å². The number of allylic oxidation sites excluding steroid dienone is 8. The van der Waals surface area contributed by atoms with Crippen molar-refractivity contribution in [3.05, 3.63) is 72.9 Å². The summed E-state index contributed by atoms with van der Waals surface area (Å²) in [5.74, 6) is -0.378. The van der Waals surface area contributed by atoms with Crippen LogP contribution in [-0.4, -0.2) is 88.1 Å². The van der Waals surface area contributed by atoms with Gasteiger partial charge >= 0.3 is 19.8 Å². The number of hydrogen-bond acceptors (Lipinski definition) is 11. The standard InChI is InChI=1S/C41H69O12P/c1-4-6-17-25-36(43)26-19-13-8-7-9-14-20-27-37(44)28-21-16-23-29-40(46)50-33-39(34-52-54(48,49)51-32-38(45)31-42)53-41(47)30-22-15-11-10-12-18-24-35(3)5-2/h6,8-9,13-14,17,19-21,26-28,35-39,42-45H,4-5,7,10-12,15-16,18,22-25,29-34H2,1-3H3,(H,48,49)/b13-8-,14-9-,17-6-,26-19+,27-20+,28-21-/t35?,36-,37-,38+,39-/m1/s1. The molecule has 0 saturated carbocycles. The fourth-order valence-corrected chi connectivity index (χ4v) is 5.44. The number of rotatable bonds is 34. The molecule has 6 atom stereocenters. The van der Waals surface area contributed by atoms with Crippen molar-refractivity contribution >= 4 is 19.8 Å². The number of phosphoric acid groups is 1. The van der Waals surface area contributed by atoms with Gasteiger partial charge in [-0.1, -0.05) is 139 Å². The van der Waals surface area contributed by atoms with Gasteiger partial charge in [0.05, 0.1) is 32.0 Å². The van der Waals surface area contributed by atoms with Crippen LogP contribution in [0.25, 0.3) is 0 Å². The molecule has 0 radical (unpaired) electrons. The molecule has 0 rings (SSSR count). The summed E-state index contributed by atoms with van der Waals surface area (Å²) in [5.41, 5.74) is 0. The summed E-state index contributed by atoms with van der Waals surface area (Å²) < 4.78 is 32.4. The summed E-state index contributed by atoms with van der Waals surface area (Å²) in [6, 6.07) is 0. The molecule has 0 bridgehead atoms. The Morgan fingerprint density at radius 3 is 2.06 bits per heavy atom. The van der Waals surface area contributed by atoms with Crippen molar-refractivity contribution in [1.82, 2.24) is 0 Å². The summed E-state index contributed by atoms with van der Waals surface area (Å²) in [6.45, 7) is 4.18. The molecule has 0 aliphatic rings. The van der Waals surface area contributed by atoms with Gasteiger partial charge in [-0.25, -0.2) is 4.57 Å². The van der Waals surface area contributed by atoms with E-state index in [9.17, 15) is 34.4 Å². The van der Waals surface area contributed by atoms with Gasteiger partial charge in [0.2, 0.25) is 0 Å². The van der Waals surface area contributed by atoms with Crippen LogP contribution in [0.5, 0.6) is 0 Å². The minimum atomic E-state index is -4.66. The van der Waals surface area contributed by atoms with Crippen molar-refractivity contribution in [3.8, 4) is 0 Å². The Balaban J connectivity index is 4.62. The van der Waals surface area contributed by atoms with E-state index in [4.69, 9.17) is 19.1 Å². The molecule has 5 N–H and O–H groups in total. The highest BCUT2D eigenvalue weighted by Gasteiger charge is 2.27. The predicted octanol–water partition coefficient (Wildman–Crippen LogP) is 7.51. The fraction of sp³-hybridized carbons (Fsp3) is 0.659. The second kappa shape index (κ2) is 34.8. The lowest BCUT2D eigenvalue weighted by molar-refractivity contribution is -0.161. The van der Waals surface area contributed by atoms with Gasteiger partial charge in [0, 0.05) is 12.8 Å². The highest BCUT2D eigenvalue weighted by Crippen LogP contribution is 2.43. The molecule has 310 valence electrons. The Bertz CT molecular complexity index is 1180. The molecular formula is C41H69O12P. The second-order valence-corrected chi connectivity index (χ2v) is 14.7. The summed E-state index contributed by atoms with van der Waals surface area (Å²) in [7, 11) is -4.66. The fourth-order valence-electron chi connectivity index (χ4n) is 4.65. The minimum absolute atomic E-state index is 0.0517. The van der Waals surface area contributed by atoms with Crippen molar-refractivity contribution < 1.29 is 58.0 Å². The van der Waals surface area contributed by atoms with Crippen molar-refractivity contribution in [2.45, 2.75) is 141 Å². The van der Waals surface area contributed by atoms with Crippen molar-refractivity contribution in [3.63, 3.8) is 0 Å². The third-order valence-corrected chi connectivity index (χ3v) is 9.04. The summed E-state index contributed by atoms with van der Waals surface area (Å²) in [6.07, 6.45) is 29.8. The summed E-state index contributed by atoms with van der Waals surface area (Å²) in [4.78, 5) is 34.8. The molecule has 2 unspecified atom stereocenters. The van der Waals surface area contributed by atoms with E-state index in [0.29, 0.717) is 32.1 Å². The quantitative estimate of drug-likeness (QED) is 0.0142. The van der Waals surface area contributed by atoms with Crippen LogP contribution >= 0.6 is 7.82 Å². The second-order valence-electron chi connectivity index (χ2n) is 13.2. The van der Waals surface area contributed by atoms with Gasteiger partial charge in [-0.05, 0) is 44.4 Å². The first-order chi connectivity index (χ1) is 25.9. The van der Waals surface area contributed by atoms with E-state index >= 15 is 0 Å². The molecule has 0 amide bonds. The molecule has 13 heteroatoms. The number of aliphatic hydroxyl groups excluding tert-OH is 4. The maximum Gasteiger partial charge on any atom is 0.472 e. The van der Waals surface area contributed by atoms with Crippen molar-refractivity contribution in [2.75, 3.05) is 26.4 Å². The number of carbonyl (C=O) groups excluding carboxylic acids is 2. The van der Waals surface area contributed by atoms with E-state index in [-0.39, 0.29) is 12.8 Å². The van der Waals surface area contributed by atoms with Crippen LogP contribution in [0.15, 0.2) is 72.9 Å². The molecule has 0 saturated heterocycles. The number of aliphatic hydroxyl groups is 4. The lowest BCUT2D eigenvalue weighted by Gasteiger charge is -2.20. The number of carbonyl (C=O) groups is 2. The topological polar surface area (TPSA) is 189 Å². The predicted molar refractivity (Wildman–Crippen MR) is 212 cm³/mol. The normalized spacial score (nSPS) is 16.5. The molecule has 0 aliphatic heterocycles. The van der Waals surface area contributed by atoms with Gasteiger partial charge in [0.25, 0.3) is 0 Å². The minimum Gasteiger partial charge on any atom is -0.462 e. The lowest BCUT2D eigenvalue weighted by atomic mass is 10.00. The van der Waals surface area contributed by atoms with Gasteiger partial charge in [0.15, 0.2) is 6.10 Å². The van der Waals surface area contributed by atoms with Gasteiger partial charge < -0.3 is 34.8 Å². The number of phosphoric ester groups is 1. The molecule has 54 heavy (non-hydrogen) atoms. The third kappa shape index (κ3) is 33.9. The summed E-state index contributed by atoms with van der Waals surface area (Å²) >= 11 is 0. The Labute approximate surface area is 323 Å². The van der Waals surface area contributed by atoms with Gasteiger partial charge in [-0.15, -0.1) is 0 Å². The Morgan fingerprint density at radius 1 is 0.722 bits per heavy atom. The number of hydrogen-bond donors (Lipinski definition) is 5. The zero-order chi connectivity index (χ0) is 40.3. The zero-order valence-corrected chi connectivity index (χ0v) is 33.7. The zero-order valence-electron chi connectivity index (χ0n) is 32.8. The molecule has 0 spiro atoms. The summed E-state index contributed by atoms with van der Waals surface area (Å²) in [5, 5.41) is 38.2. The monoisotopic (exact) mass is 784 g/mol. The van der Waals surface area contributed by atoms with E-state index in [1.165, 1.54) is 19.3 Å². The first-order valence-corrected chi connectivity index (χ1v) is 21.0. The van der Waals surface area contributed by atoms with Gasteiger partial charge in [-0.2, -0.15) is 0 Å². The first kappa shape index (κ1) is 51.3. The van der Waals surface area contributed by atoms with Crippen molar-refractivity contribution in [2.24, 2.45) is 5.92 Å². The molecule has 0 aliphatic carbocycles. The maximum absolute atomic E-state index is 12.5. The first-order valence-electron chi connectivity index (χ1n) is 19.5. The maximum atomic E-state index is 12.5. The van der Waals surface area contributed by atoms with E-state index < -0.39 is 70.6 Å². The van der Waals surface area contributed by atoms with E-state index in [1.807, 2.05) is 49.5 Å². The molecule has 12 nitrogen and oxygen atoms in total. The SMILES string of the molecule is CC/C=C\C[C@@H](O)/C=C/C=C\C/C=C\C=C\[C@@H](O)/C=C\CCCC(=O)OC[C@H](COP(=O)(O)OC[C@@H](O)CO)OC(=O)CCCCCCCCC(C)CC. The Kier molecular flexibility index (Phi) is 33.1. The molecule has 0 fully saturated rings. The average molecular weight is 785 g/mol. The van der Waals surface area contributed by atoms with E-state index in [2.05, 4.69) is 18.4 Å². The molecule has 0 aromatic heterocycles. The molecular weight excluding hydrogens is 715 g/mol. The Morgan fingerprint density at radius 2 is 1.37 bits per heavy atom. The number of unbranched alkanes of at least 4 members (excludes halogenated alkanes) is 6. The van der Waals surface area contributed by atoms with E-state index in [0.717, 1.165) is 38.0 Å². The smallest absolute Gasteiger partial charge is 0.462 e. The van der Waals surface area contributed by atoms with Crippen LogP contribution in [0, 0.1) is 5.92 Å². The lowest BCUT2D eigenvalue weighted by Crippen LogP contribution is -2.29. The van der Waals surface area contributed by atoms with Crippen molar-refractivity contribution in [1.29, 1.82) is 0 Å². The molecule has 0 aromatic carbocycles. The molecule has 0 aromatic rings. The van der Waals surface area contributed by atoms with Gasteiger partial charge in [0.1, 0.15) is 12.7 Å². The number of ether oxygens (including phenoxy) is 2. The largest absolute Gasteiger partial charge is 0.472 e. The van der Waals surface area contributed by atoms with Crippen LogP contribution in [0.2, 0.25) is 0 Å². The average Bonchev–Trinajstić information content (AvgIpc) is 3.15. The molecule has 0 heterocycles. The van der Waals surface area contributed by atoms with Crippen LogP contribution in [0.1, 0.15) is 117 Å². The van der Waals surface area contributed by atoms with Gasteiger partial charge in [-0.3, -0.25) is 18.6 Å². The van der Waals surface area contributed by atoms with Crippen LogP contribution in [0.4, 0.5) is 0 Å². The van der Waals surface area contributed by atoms with E-state index in [1.54, 1.807) is 30.4 Å². The highest BCUT2D eigenvalue weighted by atomic mass is 31.2. The Hall–Kier alpha value is -2.67. The van der Waals surface area contributed by atoms with Crippen LogP contribution in [0.3, 0.4) is 0 Å². The number of esters is 2. The third-order valence-electron chi connectivity index (χ3n) is 8.09. The van der Waals surface area contributed by atoms with Crippen LogP contribution < -0.4 is 0 Å².